The van der Waals surface area contributed by atoms with E-state index in [4.69, 9.17) is 0 Å². The molecule has 0 aromatic carbocycles. The fraction of sp³-hybridized carbons (Fsp3) is 0.923. The van der Waals surface area contributed by atoms with Crippen LogP contribution in [0.3, 0.4) is 0 Å². The van der Waals surface area contributed by atoms with Crippen LogP contribution >= 0.6 is 0 Å². The van der Waals surface area contributed by atoms with Crippen LogP contribution in [-0.2, 0) is 4.79 Å². The first-order valence-electron chi connectivity index (χ1n) is 6.87. The van der Waals surface area contributed by atoms with Crippen LogP contribution in [0, 0.1) is 5.92 Å². The van der Waals surface area contributed by atoms with Crippen molar-refractivity contribution in [2.75, 3.05) is 13.1 Å². The Morgan fingerprint density at radius 2 is 2.00 bits per heavy atom. The van der Waals surface area contributed by atoms with Gasteiger partial charge >= 0.3 is 5.97 Å². The van der Waals surface area contributed by atoms with Gasteiger partial charge in [0.25, 0.3) is 0 Å². The van der Waals surface area contributed by atoms with Crippen LogP contribution in [0.2, 0.25) is 0 Å². The maximum Gasteiger partial charge on any atom is 0.324 e. The van der Waals surface area contributed by atoms with E-state index in [1.165, 1.54) is 6.42 Å². The lowest BCUT2D eigenvalue weighted by molar-refractivity contribution is -0.149. The van der Waals surface area contributed by atoms with Gasteiger partial charge in [-0.25, -0.2) is 0 Å². The lowest BCUT2D eigenvalue weighted by Gasteiger charge is -2.43. The number of nitrogens with one attached hydrogen (secondary N) is 2. The van der Waals surface area contributed by atoms with Gasteiger partial charge in [0, 0.05) is 6.04 Å². The maximum absolute atomic E-state index is 11.7. The SMILES string of the molecule is CC1CCCCC1(NC1CCNCC1)C(=O)O. The molecule has 0 spiro atoms. The Bertz CT molecular complexity index is 277. The van der Waals surface area contributed by atoms with E-state index < -0.39 is 11.5 Å². The van der Waals surface area contributed by atoms with Crippen LogP contribution in [0.15, 0.2) is 0 Å². The minimum Gasteiger partial charge on any atom is -0.480 e. The van der Waals surface area contributed by atoms with E-state index in [9.17, 15) is 9.90 Å². The van der Waals surface area contributed by atoms with E-state index in [2.05, 4.69) is 17.6 Å². The minimum absolute atomic E-state index is 0.239. The van der Waals surface area contributed by atoms with Crippen molar-refractivity contribution in [2.45, 2.75) is 57.0 Å². The molecule has 0 aromatic heterocycles. The molecule has 1 aliphatic carbocycles. The molecule has 2 unspecified atom stereocenters. The molecule has 1 heterocycles. The van der Waals surface area contributed by atoms with Crippen LogP contribution in [-0.4, -0.2) is 35.7 Å². The highest BCUT2D eigenvalue weighted by Gasteiger charge is 2.46. The van der Waals surface area contributed by atoms with Crippen molar-refractivity contribution in [1.29, 1.82) is 0 Å². The van der Waals surface area contributed by atoms with Gasteiger partial charge in [-0.3, -0.25) is 10.1 Å². The molecule has 4 nitrogen and oxygen atoms in total. The summed E-state index contributed by atoms with van der Waals surface area (Å²) < 4.78 is 0. The first-order valence-corrected chi connectivity index (χ1v) is 6.87. The van der Waals surface area contributed by atoms with Crippen molar-refractivity contribution in [1.82, 2.24) is 10.6 Å². The number of carboxylic acids is 1. The van der Waals surface area contributed by atoms with E-state index >= 15 is 0 Å². The summed E-state index contributed by atoms with van der Waals surface area (Å²) in [6, 6.07) is 0.368. The number of hydrogen-bond acceptors (Lipinski definition) is 3. The Hall–Kier alpha value is -0.610. The van der Waals surface area contributed by atoms with Gasteiger partial charge in [0.2, 0.25) is 0 Å². The Balaban J connectivity index is 2.07. The summed E-state index contributed by atoms with van der Waals surface area (Å²) in [5.41, 5.74) is -0.666. The zero-order valence-electron chi connectivity index (χ0n) is 10.7. The molecule has 1 saturated heterocycles. The fourth-order valence-corrected chi connectivity index (χ4v) is 3.27. The maximum atomic E-state index is 11.7. The average molecular weight is 240 g/mol. The standard InChI is InChI=1S/C13H24N2O2/c1-10-4-2-3-7-13(10,12(16)17)15-11-5-8-14-9-6-11/h10-11,14-15H,2-9H2,1H3,(H,16,17). The highest BCUT2D eigenvalue weighted by molar-refractivity contribution is 5.79. The molecule has 2 fully saturated rings. The monoisotopic (exact) mass is 240 g/mol. The first-order chi connectivity index (χ1) is 8.15. The summed E-state index contributed by atoms with van der Waals surface area (Å²) in [5, 5.41) is 16.4. The lowest BCUT2D eigenvalue weighted by atomic mass is 9.73. The molecule has 0 aromatic rings. The molecule has 0 radical (unpaired) electrons. The van der Waals surface area contributed by atoms with E-state index in [0.717, 1.165) is 45.2 Å². The second-order valence-corrected chi connectivity index (χ2v) is 5.59. The Kier molecular flexibility index (Phi) is 4.05. The van der Waals surface area contributed by atoms with Gasteiger partial charge in [-0.1, -0.05) is 19.8 Å². The van der Waals surface area contributed by atoms with Crippen molar-refractivity contribution < 1.29 is 9.90 Å². The number of piperidine rings is 1. The Labute approximate surface area is 103 Å². The highest BCUT2D eigenvalue weighted by Crippen LogP contribution is 2.34. The third-order valence-electron chi connectivity index (χ3n) is 4.48. The fourth-order valence-electron chi connectivity index (χ4n) is 3.27. The molecular weight excluding hydrogens is 216 g/mol. The normalized spacial score (nSPS) is 35.7. The van der Waals surface area contributed by atoms with Crippen LogP contribution in [0.1, 0.15) is 45.4 Å². The number of carbonyl (C=O) groups is 1. The average Bonchev–Trinajstić information content (AvgIpc) is 2.33. The molecular formula is C13H24N2O2. The zero-order chi connectivity index (χ0) is 12.3. The number of rotatable bonds is 3. The molecule has 4 heteroatoms. The first kappa shape index (κ1) is 12.8. The summed E-state index contributed by atoms with van der Waals surface area (Å²) in [6.45, 7) is 4.09. The van der Waals surface area contributed by atoms with Gasteiger partial charge in [0.1, 0.15) is 5.54 Å². The largest absolute Gasteiger partial charge is 0.480 e. The summed E-state index contributed by atoms with van der Waals surface area (Å²) in [4.78, 5) is 11.7. The van der Waals surface area contributed by atoms with E-state index in [0.29, 0.717) is 6.04 Å². The molecule has 1 saturated carbocycles. The highest BCUT2D eigenvalue weighted by atomic mass is 16.4. The van der Waals surface area contributed by atoms with E-state index in [1.807, 2.05) is 0 Å². The lowest BCUT2D eigenvalue weighted by Crippen LogP contribution is -2.62. The van der Waals surface area contributed by atoms with Crippen molar-refractivity contribution in [2.24, 2.45) is 5.92 Å². The summed E-state index contributed by atoms with van der Waals surface area (Å²) >= 11 is 0. The van der Waals surface area contributed by atoms with Crippen LogP contribution in [0.4, 0.5) is 0 Å². The van der Waals surface area contributed by atoms with Crippen molar-refractivity contribution in [3.05, 3.63) is 0 Å². The molecule has 2 atom stereocenters. The summed E-state index contributed by atoms with van der Waals surface area (Å²) in [5.74, 6) is -0.410. The van der Waals surface area contributed by atoms with Crippen molar-refractivity contribution >= 4 is 5.97 Å². The molecule has 0 bridgehead atoms. The molecule has 0 amide bonds. The van der Waals surface area contributed by atoms with E-state index in [1.54, 1.807) is 0 Å². The predicted octanol–water partition coefficient (Wildman–Crippen LogP) is 1.36. The molecule has 3 N–H and O–H groups in total. The third-order valence-corrected chi connectivity index (χ3v) is 4.48. The van der Waals surface area contributed by atoms with E-state index in [-0.39, 0.29) is 5.92 Å². The molecule has 2 aliphatic rings. The van der Waals surface area contributed by atoms with Gasteiger partial charge in [0.05, 0.1) is 0 Å². The molecule has 98 valence electrons. The number of carboxylic acid groups (broad SMARTS) is 1. The van der Waals surface area contributed by atoms with Crippen LogP contribution in [0.5, 0.6) is 0 Å². The topological polar surface area (TPSA) is 61.4 Å². The van der Waals surface area contributed by atoms with Gasteiger partial charge in [0.15, 0.2) is 0 Å². The summed E-state index contributed by atoms with van der Waals surface area (Å²) in [6.07, 6.45) is 6.11. The molecule has 1 aliphatic heterocycles. The molecule has 2 rings (SSSR count). The molecule has 17 heavy (non-hydrogen) atoms. The second kappa shape index (κ2) is 5.36. The summed E-state index contributed by atoms with van der Waals surface area (Å²) in [7, 11) is 0. The minimum atomic E-state index is -0.666. The van der Waals surface area contributed by atoms with Gasteiger partial charge < -0.3 is 10.4 Å². The van der Waals surface area contributed by atoms with Gasteiger partial charge in [-0.15, -0.1) is 0 Å². The van der Waals surface area contributed by atoms with Gasteiger partial charge in [-0.2, -0.15) is 0 Å². The van der Waals surface area contributed by atoms with Crippen LogP contribution in [0.25, 0.3) is 0 Å². The Morgan fingerprint density at radius 1 is 1.29 bits per heavy atom. The third kappa shape index (κ3) is 2.63. The zero-order valence-corrected chi connectivity index (χ0v) is 10.7. The Morgan fingerprint density at radius 3 is 2.59 bits per heavy atom. The second-order valence-electron chi connectivity index (χ2n) is 5.59. The van der Waals surface area contributed by atoms with Crippen molar-refractivity contribution in [3.8, 4) is 0 Å². The number of aliphatic carboxylic acids is 1. The smallest absolute Gasteiger partial charge is 0.324 e. The van der Waals surface area contributed by atoms with Crippen molar-refractivity contribution in [3.63, 3.8) is 0 Å². The quantitative estimate of drug-likeness (QED) is 0.697. The number of hydrogen-bond donors (Lipinski definition) is 3. The van der Waals surface area contributed by atoms with Crippen LogP contribution < -0.4 is 10.6 Å². The van der Waals surface area contributed by atoms with Gasteiger partial charge in [-0.05, 0) is 44.7 Å². The predicted molar refractivity (Wildman–Crippen MR) is 67.0 cm³/mol.